The van der Waals surface area contributed by atoms with Crippen molar-refractivity contribution in [2.75, 3.05) is 0 Å². The summed E-state index contributed by atoms with van der Waals surface area (Å²) in [5.41, 5.74) is -1.22. The minimum Gasteiger partial charge on any atom is -0.439 e. The van der Waals surface area contributed by atoms with E-state index in [1.807, 2.05) is 0 Å². The van der Waals surface area contributed by atoms with Crippen LogP contribution in [0.2, 0.25) is 0 Å². The summed E-state index contributed by atoms with van der Waals surface area (Å²) >= 11 is 0. The molecule has 2 N–H and O–H groups in total. The summed E-state index contributed by atoms with van der Waals surface area (Å²) in [6.45, 7) is 6.43. The highest BCUT2D eigenvalue weighted by molar-refractivity contribution is 5.39. The highest BCUT2D eigenvalue weighted by Gasteiger charge is 2.08. The van der Waals surface area contributed by atoms with Gasteiger partial charge in [-0.3, -0.25) is 0 Å². The molecule has 0 bridgehead atoms. The zero-order chi connectivity index (χ0) is 23.2. The fraction of sp³-hybridized carbons (Fsp3) is 0.231. The molecule has 0 saturated heterocycles. The fourth-order valence-corrected chi connectivity index (χ4v) is 2.36. The molecule has 32 heavy (non-hydrogen) atoms. The van der Waals surface area contributed by atoms with E-state index in [9.17, 15) is 10.2 Å². The van der Waals surface area contributed by atoms with Gasteiger partial charge >= 0.3 is 0 Å². The van der Waals surface area contributed by atoms with Gasteiger partial charge in [-0.1, -0.05) is 30.0 Å². The molecule has 6 heteroatoms. The monoisotopic (exact) mass is 428 g/mol. The Bertz CT molecular complexity index is 1120. The number of nitrogens with zero attached hydrogens (tertiary/aromatic N) is 2. The van der Waals surface area contributed by atoms with Crippen molar-refractivity contribution in [2.45, 2.75) is 38.9 Å². The molecule has 0 saturated carbocycles. The van der Waals surface area contributed by atoms with Gasteiger partial charge in [0, 0.05) is 18.2 Å². The highest BCUT2D eigenvalue weighted by atomic mass is 16.5. The molecule has 3 rings (SSSR count). The van der Waals surface area contributed by atoms with Crippen LogP contribution in [-0.4, -0.2) is 31.4 Å². The van der Waals surface area contributed by atoms with Gasteiger partial charge in [0.15, 0.2) is 0 Å². The minimum absolute atomic E-state index is 0.367. The molecule has 0 unspecified atom stereocenters. The lowest BCUT2D eigenvalue weighted by atomic mass is 10.1. The van der Waals surface area contributed by atoms with Crippen LogP contribution in [-0.2, 0) is 0 Å². The molecular formula is C26H24N2O4. The molecule has 0 fully saturated rings. The van der Waals surface area contributed by atoms with E-state index < -0.39 is 11.2 Å². The number of rotatable bonds is 4. The molecule has 0 aliphatic heterocycles. The Hall–Kier alpha value is -3.84. The quantitative estimate of drug-likeness (QED) is 0.603. The normalized spacial score (nSPS) is 10.9. The molecule has 1 aromatic carbocycles. The van der Waals surface area contributed by atoms with E-state index in [2.05, 4.69) is 33.6 Å². The molecular weight excluding hydrogens is 404 g/mol. The Morgan fingerprint density at radius 2 is 1.06 bits per heavy atom. The third-order valence-corrected chi connectivity index (χ3v) is 3.69. The van der Waals surface area contributed by atoms with Gasteiger partial charge in [0.1, 0.15) is 34.1 Å². The van der Waals surface area contributed by atoms with Crippen molar-refractivity contribution < 1.29 is 19.7 Å². The van der Waals surface area contributed by atoms with Crippen LogP contribution in [0.5, 0.6) is 23.3 Å². The third kappa shape index (κ3) is 7.77. The summed E-state index contributed by atoms with van der Waals surface area (Å²) in [4.78, 5) is 8.68. The number of ether oxygens (including phenoxy) is 2. The van der Waals surface area contributed by atoms with Crippen molar-refractivity contribution in [1.82, 2.24) is 9.97 Å². The Balaban J connectivity index is 1.74. The number of hydrogen-bond donors (Lipinski definition) is 2. The van der Waals surface area contributed by atoms with Gasteiger partial charge in [-0.2, -0.15) is 0 Å². The molecule has 0 aliphatic carbocycles. The maximum atomic E-state index is 9.75. The number of pyridine rings is 2. The van der Waals surface area contributed by atoms with Gasteiger partial charge in [0.05, 0.1) is 0 Å². The first-order valence-corrected chi connectivity index (χ1v) is 9.97. The van der Waals surface area contributed by atoms with E-state index in [0.717, 1.165) is 0 Å². The Morgan fingerprint density at radius 1 is 0.656 bits per heavy atom. The smallest absolute Gasteiger partial charge is 0.220 e. The number of aromatic nitrogens is 2. The zero-order valence-electron chi connectivity index (χ0n) is 18.4. The number of hydrogen-bond acceptors (Lipinski definition) is 6. The van der Waals surface area contributed by atoms with Crippen molar-refractivity contribution in [2.24, 2.45) is 0 Å². The lowest BCUT2D eigenvalue weighted by molar-refractivity contribution is 0.143. The van der Waals surface area contributed by atoms with Gasteiger partial charge in [-0.05, 0) is 63.8 Å². The van der Waals surface area contributed by atoms with E-state index in [1.165, 1.54) is 0 Å². The first-order chi connectivity index (χ1) is 15.1. The number of benzene rings is 1. The van der Waals surface area contributed by atoms with Gasteiger partial charge in [0.2, 0.25) is 11.8 Å². The molecule has 6 nitrogen and oxygen atoms in total. The largest absolute Gasteiger partial charge is 0.439 e. The minimum atomic E-state index is -1.10. The van der Waals surface area contributed by atoms with Crippen LogP contribution in [0, 0.1) is 23.7 Å². The number of aliphatic hydroxyl groups is 2. The van der Waals surface area contributed by atoms with Crippen LogP contribution >= 0.6 is 0 Å². The van der Waals surface area contributed by atoms with Crippen LogP contribution in [0.25, 0.3) is 0 Å². The third-order valence-electron chi connectivity index (χ3n) is 3.69. The van der Waals surface area contributed by atoms with Crippen molar-refractivity contribution in [3.8, 4) is 46.9 Å². The van der Waals surface area contributed by atoms with E-state index in [0.29, 0.717) is 34.6 Å². The molecule has 0 atom stereocenters. The average molecular weight is 428 g/mol. The second kappa shape index (κ2) is 9.53. The van der Waals surface area contributed by atoms with E-state index in [-0.39, 0.29) is 0 Å². The van der Waals surface area contributed by atoms with Crippen LogP contribution < -0.4 is 9.47 Å². The van der Waals surface area contributed by atoms with E-state index in [1.54, 1.807) is 88.4 Å². The van der Waals surface area contributed by atoms with Crippen molar-refractivity contribution in [3.05, 3.63) is 72.1 Å². The lowest BCUT2D eigenvalue weighted by Crippen LogP contribution is -2.14. The molecule has 0 aliphatic rings. The summed E-state index contributed by atoms with van der Waals surface area (Å²) in [7, 11) is 0. The summed E-state index contributed by atoms with van der Waals surface area (Å²) in [6, 6.07) is 17.5. The Morgan fingerprint density at radius 3 is 1.47 bits per heavy atom. The summed E-state index contributed by atoms with van der Waals surface area (Å²) in [5, 5.41) is 19.5. The molecule has 162 valence electrons. The predicted octanol–water partition coefficient (Wildman–Crippen LogP) is 4.31. The van der Waals surface area contributed by atoms with Gasteiger partial charge in [0.25, 0.3) is 0 Å². The fourth-order valence-electron chi connectivity index (χ4n) is 2.36. The first kappa shape index (κ1) is 22.8. The van der Waals surface area contributed by atoms with Crippen LogP contribution in [0.4, 0.5) is 0 Å². The standard InChI is InChI=1S/C26H24N2O4/c1-25(2,29)16-14-19-8-5-12-23(27-19)31-21-10-7-11-22(18-21)32-24-13-6-9-20(28-24)15-17-26(3,4)30/h5-13,18,29-30H,1-4H3. The predicted molar refractivity (Wildman–Crippen MR) is 121 cm³/mol. The van der Waals surface area contributed by atoms with Crippen LogP contribution in [0.3, 0.4) is 0 Å². The topological polar surface area (TPSA) is 84.7 Å². The second-order valence-corrected chi connectivity index (χ2v) is 8.02. The van der Waals surface area contributed by atoms with Crippen molar-refractivity contribution in [1.29, 1.82) is 0 Å². The maximum Gasteiger partial charge on any atom is 0.220 e. The lowest BCUT2D eigenvalue weighted by Gasteiger charge is -2.09. The SMILES string of the molecule is CC(C)(O)C#Cc1cccc(Oc2cccc(Oc3cccc(C#CC(C)(C)O)n3)c2)n1. The van der Waals surface area contributed by atoms with Crippen molar-refractivity contribution in [3.63, 3.8) is 0 Å². The first-order valence-electron chi connectivity index (χ1n) is 9.97. The second-order valence-electron chi connectivity index (χ2n) is 8.02. The highest BCUT2D eigenvalue weighted by Crippen LogP contribution is 2.27. The van der Waals surface area contributed by atoms with Crippen LogP contribution in [0.15, 0.2) is 60.7 Å². The molecule has 2 aromatic heterocycles. The summed E-state index contributed by atoms with van der Waals surface area (Å²) in [5.74, 6) is 12.9. The zero-order valence-corrected chi connectivity index (χ0v) is 18.4. The maximum absolute atomic E-state index is 9.75. The van der Waals surface area contributed by atoms with Crippen LogP contribution in [0.1, 0.15) is 39.1 Å². The van der Waals surface area contributed by atoms with E-state index >= 15 is 0 Å². The Labute approximate surface area is 187 Å². The molecule has 0 radical (unpaired) electrons. The summed E-state index contributed by atoms with van der Waals surface area (Å²) < 4.78 is 11.7. The van der Waals surface area contributed by atoms with Crippen molar-refractivity contribution >= 4 is 0 Å². The van der Waals surface area contributed by atoms with Gasteiger partial charge in [-0.15, -0.1) is 0 Å². The van der Waals surface area contributed by atoms with E-state index in [4.69, 9.17) is 9.47 Å². The average Bonchev–Trinajstić information content (AvgIpc) is 2.71. The molecule has 3 aromatic rings. The van der Waals surface area contributed by atoms with Gasteiger partial charge in [-0.25, -0.2) is 9.97 Å². The molecule has 0 spiro atoms. The van der Waals surface area contributed by atoms with Gasteiger partial charge < -0.3 is 19.7 Å². The molecule has 2 heterocycles. The Kier molecular flexibility index (Phi) is 6.80. The summed E-state index contributed by atoms with van der Waals surface area (Å²) in [6.07, 6.45) is 0. The molecule has 0 amide bonds.